The second-order valence-corrected chi connectivity index (χ2v) is 2.03. The van der Waals surface area contributed by atoms with E-state index < -0.39 is 0 Å². The van der Waals surface area contributed by atoms with Gasteiger partial charge in [-0.1, -0.05) is 0 Å². The number of rotatable bonds is 0. The van der Waals surface area contributed by atoms with E-state index in [4.69, 9.17) is 5.73 Å². The molecule has 1 aromatic heterocycles. The Labute approximate surface area is 57.4 Å². The molecule has 10 heavy (non-hydrogen) atoms. The smallest absolute Gasteiger partial charge is 0.156 e. The van der Waals surface area contributed by atoms with Crippen molar-refractivity contribution in [1.29, 1.82) is 0 Å². The molecule has 1 unspecified atom stereocenters. The van der Waals surface area contributed by atoms with Crippen LogP contribution in [0.1, 0.15) is 11.9 Å². The highest BCUT2D eigenvalue weighted by Gasteiger charge is 2.14. The van der Waals surface area contributed by atoms with Crippen LogP contribution in [0, 0.1) is 0 Å². The molecule has 5 nitrogen and oxygen atoms in total. The highest BCUT2D eigenvalue weighted by atomic mass is 15.2. The van der Waals surface area contributed by atoms with Crippen molar-refractivity contribution in [2.24, 2.45) is 10.7 Å². The normalized spacial score (nSPS) is 21.9. The Morgan fingerprint density at radius 2 is 2.50 bits per heavy atom. The molecule has 1 aromatic rings. The Morgan fingerprint density at radius 3 is 3.30 bits per heavy atom. The minimum absolute atomic E-state index is 0.293. The molecule has 0 aliphatic carbocycles. The third-order valence-corrected chi connectivity index (χ3v) is 1.40. The number of hydrogen-bond donors (Lipinski definition) is 3. The van der Waals surface area contributed by atoms with Crippen LogP contribution in [0.4, 0.5) is 5.82 Å². The standard InChI is InChI=1S/C5H7N5/c6-4-3-5(9-1-7-3)10-2-8-4/h1-2,4H,6H2,(H,7,9)(H,8,10). The zero-order valence-corrected chi connectivity index (χ0v) is 5.20. The molecule has 0 amide bonds. The Bertz CT molecular complexity index is 263. The van der Waals surface area contributed by atoms with Gasteiger partial charge in [-0.2, -0.15) is 0 Å². The lowest BCUT2D eigenvalue weighted by atomic mass is 10.3. The van der Waals surface area contributed by atoms with E-state index in [-0.39, 0.29) is 6.17 Å². The number of aromatic amines is 1. The number of aliphatic imine (C=N–C) groups is 1. The molecular formula is C5H7N5. The molecule has 0 saturated heterocycles. The minimum atomic E-state index is -0.293. The molecule has 0 aromatic carbocycles. The zero-order valence-electron chi connectivity index (χ0n) is 5.20. The van der Waals surface area contributed by atoms with Crippen molar-refractivity contribution in [1.82, 2.24) is 9.97 Å². The molecule has 0 spiro atoms. The van der Waals surface area contributed by atoms with Gasteiger partial charge >= 0.3 is 0 Å². The average molecular weight is 137 g/mol. The quantitative estimate of drug-likeness (QED) is 0.464. The third kappa shape index (κ3) is 0.608. The molecule has 0 saturated carbocycles. The fraction of sp³-hybridized carbons (Fsp3) is 0.200. The summed E-state index contributed by atoms with van der Waals surface area (Å²) in [4.78, 5) is 10.8. The van der Waals surface area contributed by atoms with Crippen LogP contribution in [-0.2, 0) is 0 Å². The molecular weight excluding hydrogens is 130 g/mol. The lowest BCUT2D eigenvalue weighted by molar-refractivity contribution is 0.749. The minimum Gasteiger partial charge on any atom is -0.344 e. The Balaban J connectivity index is 2.48. The van der Waals surface area contributed by atoms with Gasteiger partial charge in [0, 0.05) is 0 Å². The highest BCUT2D eigenvalue weighted by Crippen LogP contribution is 2.19. The first-order valence-electron chi connectivity index (χ1n) is 2.95. The van der Waals surface area contributed by atoms with Crippen molar-refractivity contribution in [2.75, 3.05) is 5.32 Å². The molecule has 5 heteroatoms. The predicted octanol–water partition coefficient (Wildman–Crippen LogP) is -0.179. The van der Waals surface area contributed by atoms with Gasteiger partial charge in [0.1, 0.15) is 6.17 Å². The lowest BCUT2D eigenvalue weighted by Crippen LogP contribution is -2.16. The molecule has 1 aliphatic heterocycles. The largest absolute Gasteiger partial charge is 0.344 e. The number of imidazole rings is 1. The van der Waals surface area contributed by atoms with E-state index in [0.717, 1.165) is 11.5 Å². The average Bonchev–Trinajstić information content (AvgIpc) is 2.36. The van der Waals surface area contributed by atoms with Gasteiger partial charge in [-0.05, 0) is 0 Å². The predicted molar refractivity (Wildman–Crippen MR) is 37.6 cm³/mol. The van der Waals surface area contributed by atoms with E-state index in [1.165, 1.54) is 0 Å². The van der Waals surface area contributed by atoms with Crippen LogP contribution >= 0.6 is 0 Å². The van der Waals surface area contributed by atoms with Crippen LogP contribution in [0.25, 0.3) is 0 Å². The summed E-state index contributed by atoms with van der Waals surface area (Å²) in [7, 11) is 0. The maximum atomic E-state index is 5.58. The number of aromatic nitrogens is 2. The maximum Gasteiger partial charge on any atom is 0.156 e. The van der Waals surface area contributed by atoms with Gasteiger partial charge < -0.3 is 16.0 Å². The SMILES string of the molecule is NC1N=CNc2nc[nH]c21. The summed E-state index contributed by atoms with van der Waals surface area (Å²) in [5.74, 6) is 0.766. The van der Waals surface area contributed by atoms with Crippen molar-refractivity contribution in [3.05, 3.63) is 12.0 Å². The van der Waals surface area contributed by atoms with Crippen LogP contribution in [0.2, 0.25) is 0 Å². The molecule has 2 heterocycles. The Kier molecular flexibility index (Phi) is 0.983. The molecule has 2 rings (SSSR count). The van der Waals surface area contributed by atoms with Crippen LogP contribution in [0.3, 0.4) is 0 Å². The summed E-state index contributed by atoms with van der Waals surface area (Å²) in [6.07, 6.45) is 2.85. The number of nitrogens with zero attached hydrogens (tertiary/aromatic N) is 2. The molecule has 1 atom stereocenters. The summed E-state index contributed by atoms with van der Waals surface area (Å²) in [6.45, 7) is 0. The topological polar surface area (TPSA) is 79.1 Å². The summed E-state index contributed by atoms with van der Waals surface area (Å²) >= 11 is 0. The summed E-state index contributed by atoms with van der Waals surface area (Å²) in [6, 6.07) is 0. The van der Waals surface area contributed by atoms with E-state index in [2.05, 4.69) is 20.3 Å². The fourth-order valence-corrected chi connectivity index (χ4v) is 0.898. The van der Waals surface area contributed by atoms with E-state index in [9.17, 15) is 0 Å². The second kappa shape index (κ2) is 1.81. The van der Waals surface area contributed by atoms with Crippen molar-refractivity contribution in [3.8, 4) is 0 Å². The fourth-order valence-electron chi connectivity index (χ4n) is 0.898. The highest BCUT2D eigenvalue weighted by molar-refractivity contribution is 5.77. The first kappa shape index (κ1) is 5.43. The Hall–Kier alpha value is -1.36. The third-order valence-electron chi connectivity index (χ3n) is 1.40. The van der Waals surface area contributed by atoms with E-state index >= 15 is 0 Å². The lowest BCUT2D eigenvalue weighted by Gasteiger charge is -2.10. The molecule has 4 N–H and O–H groups in total. The van der Waals surface area contributed by atoms with Crippen molar-refractivity contribution in [3.63, 3.8) is 0 Å². The van der Waals surface area contributed by atoms with Crippen molar-refractivity contribution >= 4 is 12.2 Å². The van der Waals surface area contributed by atoms with Gasteiger partial charge in [-0.15, -0.1) is 0 Å². The second-order valence-electron chi connectivity index (χ2n) is 2.03. The number of hydrogen-bond acceptors (Lipinski definition) is 4. The first-order chi connectivity index (χ1) is 4.88. The van der Waals surface area contributed by atoms with Crippen molar-refractivity contribution in [2.45, 2.75) is 6.17 Å². The van der Waals surface area contributed by atoms with E-state index in [1.54, 1.807) is 12.7 Å². The zero-order chi connectivity index (χ0) is 6.97. The molecule has 0 bridgehead atoms. The number of H-pyrrole nitrogens is 1. The number of nitrogens with one attached hydrogen (secondary N) is 2. The Morgan fingerprint density at radius 1 is 1.60 bits per heavy atom. The van der Waals surface area contributed by atoms with E-state index in [1.807, 2.05) is 0 Å². The number of nitrogens with two attached hydrogens (primary N) is 1. The molecule has 0 radical (unpaired) electrons. The van der Waals surface area contributed by atoms with Gasteiger partial charge in [0.25, 0.3) is 0 Å². The summed E-state index contributed by atoms with van der Waals surface area (Å²) < 4.78 is 0. The number of anilines is 1. The summed E-state index contributed by atoms with van der Waals surface area (Å²) in [5, 5.41) is 2.86. The van der Waals surface area contributed by atoms with Gasteiger partial charge in [-0.25, -0.2) is 4.98 Å². The van der Waals surface area contributed by atoms with Gasteiger partial charge in [0.05, 0.1) is 18.4 Å². The molecule has 1 aliphatic rings. The van der Waals surface area contributed by atoms with Crippen LogP contribution < -0.4 is 11.1 Å². The van der Waals surface area contributed by atoms with Crippen molar-refractivity contribution < 1.29 is 0 Å². The molecule has 52 valence electrons. The summed E-state index contributed by atoms with van der Waals surface area (Å²) in [5.41, 5.74) is 6.42. The number of fused-ring (bicyclic) bond motifs is 1. The van der Waals surface area contributed by atoms with Crippen LogP contribution in [0.5, 0.6) is 0 Å². The first-order valence-corrected chi connectivity index (χ1v) is 2.95. The maximum absolute atomic E-state index is 5.58. The van der Waals surface area contributed by atoms with Gasteiger partial charge in [0.15, 0.2) is 5.82 Å². The van der Waals surface area contributed by atoms with Crippen LogP contribution in [0.15, 0.2) is 11.3 Å². The monoisotopic (exact) mass is 137 g/mol. The van der Waals surface area contributed by atoms with E-state index in [0.29, 0.717) is 0 Å². The van der Waals surface area contributed by atoms with Gasteiger partial charge in [-0.3, -0.25) is 4.99 Å². The molecule has 0 fully saturated rings. The van der Waals surface area contributed by atoms with Gasteiger partial charge in [0.2, 0.25) is 0 Å². The van der Waals surface area contributed by atoms with Crippen LogP contribution in [-0.4, -0.2) is 16.3 Å².